The van der Waals surface area contributed by atoms with Crippen LogP contribution in [0, 0.1) is 6.92 Å². The zero-order chi connectivity index (χ0) is 18.2. The van der Waals surface area contributed by atoms with Crippen LogP contribution in [0.4, 0.5) is 5.69 Å². The average molecular weight is 341 g/mol. The fourth-order valence-electron chi connectivity index (χ4n) is 2.15. The quantitative estimate of drug-likeness (QED) is 0.600. The van der Waals surface area contributed by atoms with Gasteiger partial charge >= 0.3 is 0 Å². The van der Waals surface area contributed by atoms with Crippen molar-refractivity contribution in [3.63, 3.8) is 0 Å². The van der Waals surface area contributed by atoms with Crippen LogP contribution in [-0.2, 0) is 4.79 Å². The Bertz CT molecular complexity index is 742. The first kappa shape index (κ1) is 18.3. The van der Waals surface area contributed by atoms with E-state index in [2.05, 4.69) is 15.8 Å². The summed E-state index contributed by atoms with van der Waals surface area (Å²) in [4.78, 5) is 12.1. The van der Waals surface area contributed by atoms with E-state index in [-0.39, 0.29) is 5.91 Å². The second kappa shape index (κ2) is 8.73. The lowest BCUT2D eigenvalue weighted by Gasteiger charge is -2.13. The van der Waals surface area contributed by atoms with Crippen LogP contribution in [0.5, 0.6) is 11.5 Å². The Kier molecular flexibility index (Phi) is 6.39. The number of carbonyl (C=O) groups is 1. The highest BCUT2D eigenvalue weighted by Gasteiger charge is 2.11. The third-order valence-electron chi connectivity index (χ3n) is 3.65. The Morgan fingerprint density at radius 1 is 1.12 bits per heavy atom. The minimum Gasteiger partial charge on any atom is -0.497 e. The van der Waals surface area contributed by atoms with Crippen molar-refractivity contribution in [1.82, 2.24) is 5.43 Å². The van der Waals surface area contributed by atoms with E-state index in [4.69, 9.17) is 9.47 Å². The van der Waals surface area contributed by atoms with Gasteiger partial charge in [0, 0.05) is 17.3 Å². The molecule has 0 aliphatic rings. The number of anilines is 1. The van der Waals surface area contributed by atoms with Crippen LogP contribution in [0.3, 0.4) is 0 Å². The number of nitrogens with one attached hydrogen (secondary N) is 2. The molecule has 2 N–H and O–H groups in total. The molecule has 25 heavy (non-hydrogen) atoms. The van der Waals surface area contributed by atoms with Gasteiger partial charge in [-0.25, -0.2) is 5.43 Å². The zero-order valence-electron chi connectivity index (χ0n) is 14.9. The normalized spacial score (nSPS) is 11.8. The topological polar surface area (TPSA) is 72.0 Å². The Balaban J connectivity index is 1.94. The monoisotopic (exact) mass is 341 g/mol. The van der Waals surface area contributed by atoms with Gasteiger partial charge in [-0.1, -0.05) is 17.7 Å². The Morgan fingerprint density at radius 2 is 1.84 bits per heavy atom. The van der Waals surface area contributed by atoms with Gasteiger partial charge in [0.1, 0.15) is 17.5 Å². The van der Waals surface area contributed by atoms with Gasteiger partial charge in [0.25, 0.3) is 5.91 Å². The van der Waals surface area contributed by atoms with E-state index in [0.29, 0.717) is 11.5 Å². The molecular weight excluding hydrogens is 318 g/mol. The lowest BCUT2D eigenvalue weighted by molar-refractivity contribution is -0.121. The van der Waals surface area contributed by atoms with Crippen LogP contribution in [0.2, 0.25) is 0 Å². The Morgan fingerprint density at radius 3 is 2.48 bits per heavy atom. The fraction of sp³-hybridized carbons (Fsp3) is 0.263. The van der Waals surface area contributed by atoms with Crippen LogP contribution in [0.15, 0.2) is 47.6 Å². The van der Waals surface area contributed by atoms with Crippen molar-refractivity contribution in [3.05, 3.63) is 53.6 Å². The number of benzene rings is 2. The number of methoxy groups -OCH3 is 2. The van der Waals surface area contributed by atoms with E-state index in [1.807, 2.05) is 31.2 Å². The smallest absolute Gasteiger partial charge is 0.262 e. The van der Waals surface area contributed by atoms with Crippen molar-refractivity contribution in [2.24, 2.45) is 5.10 Å². The van der Waals surface area contributed by atoms with Gasteiger partial charge in [-0.2, -0.15) is 5.10 Å². The lowest BCUT2D eigenvalue weighted by atomic mass is 10.2. The molecule has 0 radical (unpaired) electrons. The van der Waals surface area contributed by atoms with Crippen molar-refractivity contribution in [2.75, 3.05) is 19.5 Å². The molecule has 0 bridgehead atoms. The summed E-state index contributed by atoms with van der Waals surface area (Å²) in [6.45, 7) is 3.79. The highest BCUT2D eigenvalue weighted by Crippen LogP contribution is 2.22. The van der Waals surface area contributed by atoms with Crippen LogP contribution in [-0.4, -0.2) is 32.4 Å². The number of nitrogens with zero attached hydrogens (tertiary/aromatic N) is 1. The van der Waals surface area contributed by atoms with Crippen LogP contribution < -0.4 is 20.2 Å². The summed E-state index contributed by atoms with van der Waals surface area (Å²) in [5, 5.41) is 7.13. The van der Waals surface area contributed by atoms with Gasteiger partial charge in [-0.05, 0) is 38.1 Å². The van der Waals surface area contributed by atoms with E-state index in [1.165, 1.54) is 11.8 Å². The van der Waals surface area contributed by atoms with Crippen LogP contribution in [0.1, 0.15) is 18.1 Å². The third kappa shape index (κ3) is 5.24. The van der Waals surface area contributed by atoms with Gasteiger partial charge in [0.2, 0.25) is 0 Å². The largest absolute Gasteiger partial charge is 0.497 e. The maximum Gasteiger partial charge on any atom is 0.262 e. The first-order valence-electron chi connectivity index (χ1n) is 7.91. The van der Waals surface area contributed by atoms with Crippen molar-refractivity contribution < 1.29 is 14.3 Å². The summed E-state index contributed by atoms with van der Waals surface area (Å²) in [6.07, 6.45) is 1.54. The SMILES string of the molecule is COc1ccc(/C=N\NC(=O)[C@H](C)Nc2ccc(C)cc2)c(OC)c1. The molecule has 0 heterocycles. The van der Waals surface area contributed by atoms with Crippen molar-refractivity contribution in [2.45, 2.75) is 19.9 Å². The Hall–Kier alpha value is -3.02. The molecule has 0 aromatic heterocycles. The van der Waals surface area contributed by atoms with Crippen molar-refractivity contribution in [1.29, 1.82) is 0 Å². The summed E-state index contributed by atoms with van der Waals surface area (Å²) in [6, 6.07) is 12.8. The molecule has 1 amide bonds. The summed E-state index contributed by atoms with van der Waals surface area (Å²) >= 11 is 0. The molecule has 0 fully saturated rings. The molecule has 6 heteroatoms. The van der Waals surface area contributed by atoms with Crippen molar-refractivity contribution in [3.8, 4) is 11.5 Å². The number of ether oxygens (including phenoxy) is 2. The molecule has 0 saturated heterocycles. The third-order valence-corrected chi connectivity index (χ3v) is 3.65. The minimum absolute atomic E-state index is 0.232. The lowest BCUT2D eigenvalue weighted by Crippen LogP contribution is -2.34. The zero-order valence-corrected chi connectivity index (χ0v) is 14.9. The molecule has 0 unspecified atom stereocenters. The molecule has 1 atom stereocenters. The summed E-state index contributed by atoms with van der Waals surface area (Å²) in [5.74, 6) is 1.07. The predicted octanol–water partition coefficient (Wildman–Crippen LogP) is 2.96. The van der Waals surface area contributed by atoms with Crippen LogP contribution in [0.25, 0.3) is 0 Å². The number of hydrogen-bond donors (Lipinski definition) is 2. The average Bonchev–Trinajstić information content (AvgIpc) is 2.63. The van der Waals surface area contributed by atoms with Gasteiger partial charge in [-0.3, -0.25) is 4.79 Å². The molecule has 0 saturated carbocycles. The number of amides is 1. The number of rotatable bonds is 7. The standard InChI is InChI=1S/C19H23N3O3/c1-13-5-8-16(9-6-13)21-14(2)19(23)22-20-12-15-7-10-17(24-3)11-18(15)25-4/h5-12,14,21H,1-4H3,(H,22,23)/b20-12-/t14-/m0/s1. The van der Waals surface area contributed by atoms with E-state index >= 15 is 0 Å². The maximum atomic E-state index is 12.1. The van der Waals surface area contributed by atoms with Gasteiger partial charge in [0.15, 0.2) is 0 Å². The van der Waals surface area contributed by atoms with Gasteiger partial charge < -0.3 is 14.8 Å². The van der Waals surface area contributed by atoms with E-state index in [1.54, 1.807) is 39.3 Å². The molecule has 132 valence electrons. The fourth-order valence-corrected chi connectivity index (χ4v) is 2.15. The molecular formula is C19H23N3O3. The number of carbonyl (C=O) groups excluding carboxylic acids is 1. The second-order valence-corrected chi connectivity index (χ2v) is 5.57. The van der Waals surface area contributed by atoms with Crippen LogP contribution >= 0.6 is 0 Å². The highest BCUT2D eigenvalue weighted by molar-refractivity contribution is 5.87. The molecule has 2 aromatic rings. The van der Waals surface area contributed by atoms with E-state index in [9.17, 15) is 4.79 Å². The van der Waals surface area contributed by atoms with E-state index in [0.717, 1.165) is 11.3 Å². The molecule has 0 spiro atoms. The predicted molar refractivity (Wildman–Crippen MR) is 99.5 cm³/mol. The number of aryl methyl sites for hydroxylation is 1. The maximum absolute atomic E-state index is 12.1. The summed E-state index contributed by atoms with van der Waals surface area (Å²) in [5.41, 5.74) is 5.31. The van der Waals surface area contributed by atoms with E-state index < -0.39 is 6.04 Å². The van der Waals surface area contributed by atoms with Crippen molar-refractivity contribution >= 4 is 17.8 Å². The van der Waals surface area contributed by atoms with Gasteiger partial charge in [-0.15, -0.1) is 0 Å². The number of hydrazone groups is 1. The number of hydrogen-bond acceptors (Lipinski definition) is 5. The first-order chi connectivity index (χ1) is 12.0. The molecule has 6 nitrogen and oxygen atoms in total. The summed E-state index contributed by atoms with van der Waals surface area (Å²) < 4.78 is 10.4. The molecule has 2 aromatic carbocycles. The minimum atomic E-state index is -0.419. The first-order valence-corrected chi connectivity index (χ1v) is 7.91. The highest BCUT2D eigenvalue weighted by atomic mass is 16.5. The molecule has 2 rings (SSSR count). The second-order valence-electron chi connectivity index (χ2n) is 5.57. The molecule has 0 aliphatic heterocycles. The van der Waals surface area contributed by atoms with Gasteiger partial charge in [0.05, 0.1) is 20.4 Å². The Labute approximate surface area is 147 Å². The summed E-state index contributed by atoms with van der Waals surface area (Å²) in [7, 11) is 3.16. The molecule has 0 aliphatic carbocycles.